The lowest BCUT2D eigenvalue weighted by atomic mass is 10.0. The highest BCUT2D eigenvalue weighted by molar-refractivity contribution is 7.92. The van der Waals surface area contributed by atoms with Crippen LogP contribution in [0, 0.1) is 11.6 Å². The summed E-state index contributed by atoms with van der Waals surface area (Å²) in [4.78, 5) is 29.2. The fourth-order valence-electron chi connectivity index (χ4n) is 5.01. The van der Waals surface area contributed by atoms with Crippen LogP contribution in [-0.2, 0) is 32.6 Å². The van der Waals surface area contributed by atoms with Crippen LogP contribution >= 0.6 is 23.2 Å². The van der Waals surface area contributed by atoms with E-state index in [0.717, 1.165) is 49.6 Å². The predicted molar refractivity (Wildman–Crippen MR) is 160 cm³/mol. The Morgan fingerprint density at radius 1 is 0.929 bits per heavy atom. The van der Waals surface area contributed by atoms with Gasteiger partial charge in [-0.1, -0.05) is 72.4 Å². The normalized spacial score (nSPS) is 14.4. The molecule has 42 heavy (non-hydrogen) atoms. The molecular formula is C30H31Cl2F2N3O4S. The van der Waals surface area contributed by atoms with E-state index in [0.29, 0.717) is 21.0 Å². The van der Waals surface area contributed by atoms with E-state index in [9.17, 15) is 26.8 Å². The molecule has 1 fully saturated rings. The summed E-state index contributed by atoms with van der Waals surface area (Å²) in [5.41, 5.74) is 1.12. The second kappa shape index (κ2) is 13.8. The molecule has 224 valence electrons. The van der Waals surface area contributed by atoms with E-state index < -0.39 is 40.2 Å². The van der Waals surface area contributed by atoms with Gasteiger partial charge in [-0.3, -0.25) is 13.9 Å². The number of halogens is 4. The molecule has 0 radical (unpaired) electrons. The van der Waals surface area contributed by atoms with Crippen molar-refractivity contribution in [1.82, 2.24) is 10.2 Å². The fraction of sp³-hybridized carbons (Fsp3) is 0.333. The van der Waals surface area contributed by atoms with Crippen molar-refractivity contribution in [2.75, 3.05) is 17.1 Å². The van der Waals surface area contributed by atoms with Gasteiger partial charge in [-0.2, -0.15) is 0 Å². The summed E-state index contributed by atoms with van der Waals surface area (Å²) in [5, 5.41) is 3.62. The molecule has 3 aromatic rings. The first kappa shape index (κ1) is 31.7. The van der Waals surface area contributed by atoms with Crippen molar-refractivity contribution in [1.29, 1.82) is 0 Å². The van der Waals surface area contributed by atoms with Gasteiger partial charge in [0.25, 0.3) is 0 Å². The number of carbonyl (C=O) groups excluding carboxylic acids is 2. The lowest BCUT2D eigenvalue weighted by Crippen LogP contribution is -2.54. The lowest BCUT2D eigenvalue weighted by molar-refractivity contribution is -0.140. The summed E-state index contributed by atoms with van der Waals surface area (Å²) in [5.74, 6) is -3.53. The molecule has 1 saturated carbocycles. The Labute approximate surface area is 254 Å². The zero-order valence-corrected chi connectivity index (χ0v) is 25.2. The van der Waals surface area contributed by atoms with Crippen LogP contribution in [0.25, 0.3) is 0 Å². The number of benzene rings is 3. The number of sulfonamides is 1. The van der Waals surface area contributed by atoms with E-state index >= 15 is 0 Å². The van der Waals surface area contributed by atoms with Gasteiger partial charge in [-0.25, -0.2) is 17.2 Å². The average Bonchev–Trinajstić information content (AvgIpc) is 3.45. The van der Waals surface area contributed by atoms with E-state index in [1.807, 2.05) is 30.3 Å². The van der Waals surface area contributed by atoms with Crippen LogP contribution in [0.3, 0.4) is 0 Å². The van der Waals surface area contributed by atoms with E-state index in [1.54, 1.807) is 18.2 Å². The van der Waals surface area contributed by atoms with Gasteiger partial charge in [0.05, 0.1) is 22.0 Å². The summed E-state index contributed by atoms with van der Waals surface area (Å²) in [6.45, 7) is -0.853. The largest absolute Gasteiger partial charge is 0.352 e. The Kier molecular flexibility index (Phi) is 10.5. The van der Waals surface area contributed by atoms with Crippen molar-refractivity contribution in [2.24, 2.45) is 0 Å². The highest BCUT2D eigenvalue weighted by Crippen LogP contribution is 2.26. The molecule has 0 spiro atoms. The van der Waals surface area contributed by atoms with Crippen molar-refractivity contribution < 1.29 is 26.8 Å². The third kappa shape index (κ3) is 8.20. The molecular weight excluding hydrogens is 607 g/mol. The smallest absolute Gasteiger partial charge is 0.244 e. The van der Waals surface area contributed by atoms with Gasteiger partial charge in [-0.05, 0) is 48.2 Å². The number of hydrogen-bond acceptors (Lipinski definition) is 4. The zero-order valence-electron chi connectivity index (χ0n) is 22.9. The van der Waals surface area contributed by atoms with E-state index in [1.165, 1.54) is 4.90 Å². The van der Waals surface area contributed by atoms with Gasteiger partial charge in [0.15, 0.2) is 11.6 Å². The van der Waals surface area contributed by atoms with E-state index in [2.05, 4.69) is 5.32 Å². The quantitative estimate of drug-likeness (QED) is 0.291. The maximum atomic E-state index is 14.1. The van der Waals surface area contributed by atoms with Gasteiger partial charge in [0.2, 0.25) is 21.8 Å². The standard InChI is InChI=1S/C30H31Cl2F2N3O4S/c1-42(40,41)37(23-12-14-26(33)27(34)17-23)19-29(38)36(18-21-11-13-24(31)25(32)15-21)28(16-20-7-3-2-4-8-20)30(39)35-22-9-5-6-10-22/h2-4,7-8,11-15,17,22,28H,5-6,9-10,16,18-19H2,1H3,(H,35,39)/t28-/m0/s1. The number of carbonyl (C=O) groups is 2. The first-order chi connectivity index (χ1) is 19.9. The third-order valence-electron chi connectivity index (χ3n) is 7.18. The van der Waals surface area contributed by atoms with Gasteiger partial charge < -0.3 is 10.2 Å². The Balaban J connectivity index is 1.74. The van der Waals surface area contributed by atoms with Crippen molar-refractivity contribution >= 4 is 50.7 Å². The topological polar surface area (TPSA) is 86.8 Å². The molecule has 0 unspecified atom stereocenters. The summed E-state index contributed by atoms with van der Waals surface area (Å²) in [6.07, 6.45) is 4.62. The molecule has 4 rings (SSSR count). The summed E-state index contributed by atoms with van der Waals surface area (Å²) < 4.78 is 54.0. The monoisotopic (exact) mass is 637 g/mol. The van der Waals surface area contributed by atoms with Crippen LogP contribution in [0.2, 0.25) is 10.0 Å². The van der Waals surface area contributed by atoms with Gasteiger partial charge in [0.1, 0.15) is 12.6 Å². The Bertz CT molecular complexity index is 1540. The highest BCUT2D eigenvalue weighted by atomic mass is 35.5. The first-order valence-electron chi connectivity index (χ1n) is 13.4. The van der Waals surface area contributed by atoms with E-state index in [-0.39, 0.29) is 35.6 Å². The second-order valence-corrected chi connectivity index (χ2v) is 13.1. The van der Waals surface area contributed by atoms with Crippen LogP contribution in [-0.4, -0.2) is 50.0 Å². The Hall–Kier alpha value is -3.21. The molecule has 0 saturated heterocycles. The van der Waals surface area contributed by atoms with Crippen LogP contribution < -0.4 is 9.62 Å². The number of amides is 2. The van der Waals surface area contributed by atoms with Crippen molar-refractivity contribution in [3.63, 3.8) is 0 Å². The molecule has 12 heteroatoms. The Morgan fingerprint density at radius 2 is 1.62 bits per heavy atom. The Morgan fingerprint density at radius 3 is 2.24 bits per heavy atom. The van der Waals surface area contributed by atoms with Gasteiger partial charge in [-0.15, -0.1) is 0 Å². The lowest BCUT2D eigenvalue weighted by Gasteiger charge is -2.34. The van der Waals surface area contributed by atoms with Crippen LogP contribution in [0.5, 0.6) is 0 Å². The first-order valence-corrected chi connectivity index (χ1v) is 16.0. The summed E-state index contributed by atoms with van der Waals surface area (Å²) in [6, 6.07) is 15.5. The second-order valence-electron chi connectivity index (χ2n) is 10.3. The highest BCUT2D eigenvalue weighted by Gasteiger charge is 2.34. The minimum absolute atomic E-state index is 0.0348. The minimum Gasteiger partial charge on any atom is -0.352 e. The number of nitrogens with zero attached hydrogens (tertiary/aromatic N) is 2. The number of nitrogens with one attached hydrogen (secondary N) is 1. The molecule has 7 nitrogen and oxygen atoms in total. The molecule has 0 aromatic heterocycles. The van der Waals surface area contributed by atoms with Crippen molar-refractivity contribution in [3.8, 4) is 0 Å². The van der Waals surface area contributed by atoms with Gasteiger partial charge >= 0.3 is 0 Å². The molecule has 1 atom stereocenters. The molecule has 1 aliphatic carbocycles. The maximum Gasteiger partial charge on any atom is 0.244 e. The average molecular weight is 639 g/mol. The fourth-order valence-corrected chi connectivity index (χ4v) is 6.17. The van der Waals surface area contributed by atoms with Crippen molar-refractivity contribution in [2.45, 2.75) is 50.7 Å². The van der Waals surface area contributed by atoms with Crippen molar-refractivity contribution in [3.05, 3.63) is 99.5 Å². The van der Waals surface area contributed by atoms with Crippen LogP contribution in [0.15, 0.2) is 66.7 Å². The number of rotatable bonds is 11. The zero-order chi connectivity index (χ0) is 30.4. The molecule has 1 aliphatic rings. The molecule has 1 N–H and O–H groups in total. The summed E-state index contributed by atoms with van der Waals surface area (Å²) in [7, 11) is -4.13. The van der Waals surface area contributed by atoms with Crippen LogP contribution in [0.4, 0.5) is 14.5 Å². The molecule has 0 bridgehead atoms. The predicted octanol–water partition coefficient (Wildman–Crippen LogP) is 5.74. The minimum atomic E-state index is -4.13. The third-order valence-corrected chi connectivity index (χ3v) is 9.06. The SMILES string of the molecule is CS(=O)(=O)N(CC(=O)N(Cc1ccc(Cl)c(Cl)c1)[C@@H](Cc1ccccc1)C(=O)NC1CCCC1)c1ccc(F)c(F)c1. The summed E-state index contributed by atoms with van der Waals surface area (Å²) >= 11 is 12.3. The van der Waals surface area contributed by atoms with Crippen LogP contribution in [0.1, 0.15) is 36.8 Å². The molecule has 3 aromatic carbocycles. The molecule has 0 heterocycles. The van der Waals surface area contributed by atoms with E-state index in [4.69, 9.17) is 23.2 Å². The van der Waals surface area contributed by atoms with Gasteiger partial charge in [0, 0.05) is 25.1 Å². The molecule has 0 aliphatic heterocycles. The maximum absolute atomic E-state index is 14.1. The number of hydrogen-bond donors (Lipinski definition) is 1. The molecule has 2 amide bonds. The number of anilines is 1.